The summed E-state index contributed by atoms with van der Waals surface area (Å²) in [6, 6.07) is 10.2. The summed E-state index contributed by atoms with van der Waals surface area (Å²) >= 11 is 0. The van der Waals surface area contributed by atoms with Gasteiger partial charge < -0.3 is 20.5 Å². The van der Waals surface area contributed by atoms with E-state index in [1.165, 1.54) is 69.5 Å². The van der Waals surface area contributed by atoms with Crippen LogP contribution >= 0.6 is 0 Å². The van der Waals surface area contributed by atoms with Crippen LogP contribution < -0.4 is 20.5 Å². The molecule has 0 radical (unpaired) electrons. The number of nitrogens with one attached hydrogen (secondary N) is 2. The van der Waals surface area contributed by atoms with Gasteiger partial charge in [0.05, 0.1) is 12.0 Å². The molecule has 4 N–H and O–H groups in total. The fourth-order valence-electron chi connectivity index (χ4n) is 2.40. The summed E-state index contributed by atoms with van der Waals surface area (Å²) in [6.07, 6.45) is -1.20. The van der Waals surface area contributed by atoms with E-state index in [-0.39, 0.29) is 10.5 Å². The number of amides is 2. The Bertz CT molecular complexity index is 1050. The lowest BCUT2D eigenvalue weighted by molar-refractivity contribution is -0.154. The van der Waals surface area contributed by atoms with Gasteiger partial charge in [-0.25, -0.2) is 8.42 Å². The molecule has 0 aliphatic rings. The van der Waals surface area contributed by atoms with Gasteiger partial charge in [-0.2, -0.15) is 4.72 Å². The molecule has 11 heteroatoms. The van der Waals surface area contributed by atoms with Crippen molar-refractivity contribution in [3.8, 4) is 5.75 Å². The average molecular weight is 449 g/mol. The minimum absolute atomic E-state index is 0.0573. The standard InChI is InChI=1S/C20H23N3O7S/c1-12(23-31(27,28)17-10-8-16(29-3)9-11-17)20(26)30-13(2)19(25)22-15-6-4-14(5-7-15)18(21)24/h4-13,23H,1-3H3,(H2,21,24)(H,22,25). The highest BCUT2D eigenvalue weighted by Gasteiger charge is 2.26. The largest absolute Gasteiger partial charge is 0.497 e. The highest BCUT2D eigenvalue weighted by Crippen LogP contribution is 2.16. The number of nitrogens with two attached hydrogens (primary N) is 1. The van der Waals surface area contributed by atoms with E-state index in [1.807, 2.05) is 0 Å². The van der Waals surface area contributed by atoms with E-state index in [0.29, 0.717) is 11.4 Å². The topological polar surface area (TPSA) is 154 Å². The van der Waals surface area contributed by atoms with E-state index in [1.54, 1.807) is 0 Å². The molecule has 166 valence electrons. The quantitative estimate of drug-likeness (QED) is 0.483. The lowest BCUT2D eigenvalue weighted by Crippen LogP contribution is -2.42. The number of hydrogen-bond acceptors (Lipinski definition) is 7. The molecule has 2 amide bonds. The zero-order chi connectivity index (χ0) is 23.2. The summed E-state index contributed by atoms with van der Waals surface area (Å²) in [5.74, 6) is -1.68. The van der Waals surface area contributed by atoms with Crippen LogP contribution in [-0.4, -0.2) is 45.5 Å². The third kappa shape index (κ3) is 6.52. The number of carbonyl (C=O) groups excluding carboxylic acids is 3. The Kier molecular flexibility index (Phi) is 7.72. The minimum Gasteiger partial charge on any atom is -0.497 e. The second-order valence-corrected chi connectivity index (χ2v) is 8.24. The molecule has 10 nitrogen and oxygen atoms in total. The smallest absolute Gasteiger partial charge is 0.324 e. The Morgan fingerprint density at radius 3 is 2.06 bits per heavy atom. The molecule has 0 spiro atoms. The number of hydrogen-bond donors (Lipinski definition) is 3. The third-order valence-electron chi connectivity index (χ3n) is 4.15. The Balaban J connectivity index is 1.94. The van der Waals surface area contributed by atoms with Gasteiger partial charge in [-0.3, -0.25) is 14.4 Å². The predicted octanol–water partition coefficient (Wildman–Crippen LogP) is 1.03. The van der Waals surface area contributed by atoms with Crippen LogP contribution in [0.25, 0.3) is 0 Å². The van der Waals surface area contributed by atoms with Crippen LogP contribution in [0.3, 0.4) is 0 Å². The molecular weight excluding hydrogens is 426 g/mol. The van der Waals surface area contributed by atoms with Gasteiger partial charge in [0.2, 0.25) is 15.9 Å². The van der Waals surface area contributed by atoms with Crippen molar-refractivity contribution in [2.45, 2.75) is 30.9 Å². The number of methoxy groups -OCH3 is 1. The number of esters is 1. The average Bonchev–Trinajstić information content (AvgIpc) is 2.73. The Morgan fingerprint density at radius 2 is 1.55 bits per heavy atom. The normalized spacial score (nSPS) is 13.0. The maximum atomic E-state index is 12.4. The summed E-state index contributed by atoms with van der Waals surface area (Å²) in [5.41, 5.74) is 5.79. The maximum absolute atomic E-state index is 12.4. The van der Waals surface area contributed by atoms with E-state index < -0.39 is 40.0 Å². The van der Waals surface area contributed by atoms with Gasteiger partial charge in [0, 0.05) is 11.3 Å². The molecule has 0 aliphatic heterocycles. The van der Waals surface area contributed by atoms with E-state index in [2.05, 4.69) is 10.0 Å². The number of primary amides is 1. The monoisotopic (exact) mass is 449 g/mol. The molecular formula is C20H23N3O7S. The van der Waals surface area contributed by atoms with E-state index >= 15 is 0 Å². The second kappa shape index (κ2) is 10.0. The van der Waals surface area contributed by atoms with Crippen LogP contribution in [0.2, 0.25) is 0 Å². The molecule has 0 heterocycles. The van der Waals surface area contributed by atoms with Crippen molar-refractivity contribution in [1.29, 1.82) is 0 Å². The van der Waals surface area contributed by atoms with E-state index in [4.69, 9.17) is 15.2 Å². The van der Waals surface area contributed by atoms with Crippen molar-refractivity contribution in [2.24, 2.45) is 5.73 Å². The molecule has 0 saturated carbocycles. The molecule has 2 rings (SSSR count). The van der Waals surface area contributed by atoms with Crippen LogP contribution in [0.4, 0.5) is 5.69 Å². The van der Waals surface area contributed by atoms with Gasteiger partial charge in [0.1, 0.15) is 11.8 Å². The van der Waals surface area contributed by atoms with Crippen molar-refractivity contribution in [2.75, 3.05) is 12.4 Å². The summed E-state index contributed by atoms with van der Waals surface area (Å²) in [7, 11) is -2.54. The van der Waals surface area contributed by atoms with Crippen molar-refractivity contribution in [3.05, 3.63) is 54.1 Å². The molecule has 2 aromatic rings. The predicted molar refractivity (Wildman–Crippen MR) is 112 cm³/mol. The van der Waals surface area contributed by atoms with Crippen LogP contribution in [0.15, 0.2) is 53.4 Å². The van der Waals surface area contributed by atoms with Crippen LogP contribution in [0, 0.1) is 0 Å². The third-order valence-corrected chi connectivity index (χ3v) is 5.71. The number of carbonyl (C=O) groups is 3. The molecule has 31 heavy (non-hydrogen) atoms. The maximum Gasteiger partial charge on any atom is 0.324 e. The summed E-state index contributed by atoms with van der Waals surface area (Å²) in [5, 5.41) is 2.52. The lowest BCUT2D eigenvalue weighted by atomic mass is 10.2. The molecule has 0 aromatic heterocycles. The van der Waals surface area contributed by atoms with E-state index in [0.717, 1.165) is 0 Å². The van der Waals surface area contributed by atoms with Gasteiger partial charge in [-0.1, -0.05) is 0 Å². The molecule has 0 aliphatic carbocycles. The number of rotatable bonds is 9. The number of benzene rings is 2. The number of anilines is 1. The highest BCUT2D eigenvalue weighted by molar-refractivity contribution is 7.89. The first-order chi connectivity index (χ1) is 14.5. The van der Waals surface area contributed by atoms with Crippen LogP contribution in [0.5, 0.6) is 5.75 Å². The van der Waals surface area contributed by atoms with Gasteiger partial charge in [0.25, 0.3) is 5.91 Å². The zero-order valence-electron chi connectivity index (χ0n) is 17.1. The van der Waals surface area contributed by atoms with Crippen LogP contribution in [-0.2, 0) is 24.3 Å². The van der Waals surface area contributed by atoms with Gasteiger partial charge in [-0.15, -0.1) is 0 Å². The molecule has 0 fully saturated rings. The number of sulfonamides is 1. The van der Waals surface area contributed by atoms with Crippen molar-refractivity contribution < 1.29 is 32.3 Å². The summed E-state index contributed by atoms with van der Waals surface area (Å²) < 4.78 is 37.1. The fourth-order valence-corrected chi connectivity index (χ4v) is 3.59. The molecule has 0 saturated heterocycles. The second-order valence-electron chi connectivity index (χ2n) is 6.53. The first-order valence-electron chi connectivity index (χ1n) is 9.11. The zero-order valence-corrected chi connectivity index (χ0v) is 17.9. The molecule has 2 atom stereocenters. The minimum atomic E-state index is -3.99. The first-order valence-corrected chi connectivity index (χ1v) is 10.6. The van der Waals surface area contributed by atoms with Gasteiger partial charge >= 0.3 is 5.97 Å². The molecule has 2 unspecified atom stereocenters. The van der Waals surface area contributed by atoms with Crippen molar-refractivity contribution in [1.82, 2.24) is 4.72 Å². The Hall–Kier alpha value is -3.44. The first kappa shape index (κ1) is 23.8. The van der Waals surface area contributed by atoms with Gasteiger partial charge in [-0.05, 0) is 62.4 Å². The SMILES string of the molecule is COc1ccc(S(=O)(=O)NC(C)C(=O)OC(C)C(=O)Nc2ccc(C(N)=O)cc2)cc1. The van der Waals surface area contributed by atoms with Crippen LogP contribution in [0.1, 0.15) is 24.2 Å². The lowest BCUT2D eigenvalue weighted by Gasteiger charge is -2.18. The van der Waals surface area contributed by atoms with E-state index in [9.17, 15) is 22.8 Å². The molecule has 2 aromatic carbocycles. The summed E-state index contributed by atoms with van der Waals surface area (Å²) in [6.45, 7) is 2.65. The van der Waals surface area contributed by atoms with Crippen molar-refractivity contribution >= 4 is 33.5 Å². The fraction of sp³-hybridized carbons (Fsp3) is 0.250. The molecule has 0 bridgehead atoms. The number of ether oxygens (including phenoxy) is 2. The Morgan fingerprint density at radius 1 is 0.968 bits per heavy atom. The van der Waals surface area contributed by atoms with Crippen molar-refractivity contribution in [3.63, 3.8) is 0 Å². The summed E-state index contributed by atoms with van der Waals surface area (Å²) in [4.78, 5) is 35.5. The Labute approximate surface area is 179 Å². The van der Waals surface area contributed by atoms with Gasteiger partial charge in [0.15, 0.2) is 6.10 Å². The highest BCUT2D eigenvalue weighted by atomic mass is 32.2.